The maximum atomic E-state index is 12.2. The lowest BCUT2D eigenvalue weighted by Crippen LogP contribution is -2.37. The van der Waals surface area contributed by atoms with Gasteiger partial charge in [0.1, 0.15) is 17.8 Å². The molecule has 0 atom stereocenters. The Bertz CT molecular complexity index is 1230. The van der Waals surface area contributed by atoms with Crippen molar-refractivity contribution in [2.45, 2.75) is 19.8 Å². The first-order chi connectivity index (χ1) is 17.5. The molecule has 0 spiro atoms. The first-order valence-corrected chi connectivity index (χ1v) is 11.4. The monoisotopic (exact) mass is 492 g/mol. The minimum absolute atomic E-state index is 0.126. The highest BCUT2D eigenvalue weighted by Gasteiger charge is 2.33. The number of carbonyl (C=O) groups is 2. The van der Waals surface area contributed by atoms with Crippen LogP contribution >= 0.6 is 0 Å². The molecule has 0 aliphatic carbocycles. The van der Waals surface area contributed by atoms with E-state index in [0.29, 0.717) is 43.9 Å². The summed E-state index contributed by atoms with van der Waals surface area (Å²) in [4.78, 5) is 45.4. The molecule has 1 aliphatic rings. The standard InChI is InChI=1S/C25H24N4O7/c1-2-34-24(30)18-12-14-28(15-13-18)22-21(29(32)33)23(27-16-26-22)35-19-8-10-20(11-9-19)36-25(31)17-6-4-3-5-7-17/h3-11,16,18H,2,12-15H2,1H3. The van der Waals surface area contributed by atoms with Gasteiger partial charge < -0.3 is 19.1 Å². The molecule has 1 saturated heterocycles. The van der Waals surface area contributed by atoms with Crippen LogP contribution in [0.1, 0.15) is 30.1 Å². The maximum Gasteiger partial charge on any atom is 0.373 e. The SMILES string of the molecule is CCOC(=O)C1CCN(c2ncnc(Oc3ccc(OC(=O)c4ccccc4)cc3)c2[N+](=O)[O-])CC1. The van der Waals surface area contributed by atoms with E-state index in [1.807, 2.05) is 0 Å². The van der Waals surface area contributed by atoms with Gasteiger partial charge in [0.05, 0.1) is 23.0 Å². The van der Waals surface area contributed by atoms with Gasteiger partial charge in [0.25, 0.3) is 0 Å². The topological polar surface area (TPSA) is 134 Å². The Hall–Kier alpha value is -4.54. The summed E-state index contributed by atoms with van der Waals surface area (Å²) in [7, 11) is 0. The Morgan fingerprint density at radius 2 is 1.69 bits per heavy atom. The zero-order chi connectivity index (χ0) is 25.5. The molecule has 1 aromatic heterocycles. The van der Waals surface area contributed by atoms with Crippen molar-refractivity contribution >= 4 is 23.4 Å². The third-order valence-electron chi connectivity index (χ3n) is 5.62. The Labute approximate surface area is 206 Å². The van der Waals surface area contributed by atoms with Gasteiger partial charge in [-0.25, -0.2) is 9.78 Å². The second-order valence-electron chi connectivity index (χ2n) is 7.95. The molecule has 0 N–H and O–H groups in total. The van der Waals surface area contributed by atoms with Crippen molar-refractivity contribution in [3.63, 3.8) is 0 Å². The number of benzene rings is 2. The summed E-state index contributed by atoms with van der Waals surface area (Å²) in [5.74, 6) is -0.537. The number of ether oxygens (including phenoxy) is 3. The van der Waals surface area contributed by atoms with E-state index >= 15 is 0 Å². The summed E-state index contributed by atoms with van der Waals surface area (Å²) >= 11 is 0. The van der Waals surface area contributed by atoms with E-state index in [2.05, 4.69) is 9.97 Å². The number of nitro groups is 1. The molecule has 3 aromatic rings. The van der Waals surface area contributed by atoms with E-state index in [9.17, 15) is 19.7 Å². The molecule has 0 saturated carbocycles. The molecule has 0 bridgehead atoms. The van der Waals surface area contributed by atoms with Crippen molar-refractivity contribution in [2.24, 2.45) is 5.92 Å². The third-order valence-corrected chi connectivity index (χ3v) is 5.62. The number of piperidine rings is 1. The third kappa shape index (κ3) is 5.74. The van der Waals surface area contributed by atoms with Crippen LogP contribution in [-0.4, -0.2) is 46.5 Å². The molecule has 0 amide bonds. The van der Waals surface area contributed by atoms with Crippen molar-refractivity contribution < 1.29 is 28.7 Å². The van der Waals surface area contributed by atoms with Crippen molar-refractivity contribution in [3.8, 4) is 17.4 Å². The summed E-state index contributed by atoms with van der Waals surface area (Å²) in [6.07, 6.45) is 2.20. The highest BCUT2D eigenvalue weighted by atomic mass is 16.6. The van der Waals surface area contributed by atoms with Gasteiger partial charge in [-0.2, -0.15) is 4.98 Å². The van der Waals surface area contributed by atoms with Crippen molar-refractivity contribution in [3.05, 3.63) is 76.6 Å². The molecular formula is C25H24N4O7. The molecule has 0 radical (unpaired) electrons. The Morgan fingerprint density at radius 1 is 1.03 bits per heavy atom. The number of hydrogen-bond acceptors (Lipinski definition) is 10. The summed E-state index contributed by atoms with van der Waals surface area (Å²) in [5.41, 5.74) is 0.0416. The molecule has 11 heteroatoms. The van der Waals surface area contributed by atoms with Crippen molar-refractivity contribution in [1.29, 1.82) is 0 Å². The normalized spacial score (nSPS) is 13.6. The van der Waals surface area contributed by atoms with Crippen LogP contribution in [0.15, 0.2) is 60.9 Å². The first kappa shape index (κ1) is 24.6. The van der Waals surface area contributed by atoms with Gasteiger partial charge >= 0.3 is 23.5 Å². The fraction of sp³-hybridized carbons (Fsp3) is 0.280. The second-order valence-corrected chi connectivity index (χ2v) is 7.95. The number of nitrogens with zero attached hydrogens (tertiary/aromatic N) is 4. The molecule has 36 heavy (non-hydrogen) atoms. The molecule has 4 rings (SSSR count). The second kappa shape index (κ2) is 11.3. The molecule has 2 heterocycles. The molecule has 186 valence electrons. The van der Waals surface area contributed by atoms with E-state index in [1.54, 1.807) is 42.2 Å². The average molecular weight is 492 g/mol. The van der Waals surface area contributed by atoms with E-state index in [-0.39, 0.29) is 35.0 Å². The van der Waals surface area contributed by atoms with E-state index in [0.717, 1.165) is 0 Å². The number of carbonyl (C=O) groups excluding carboxylic acids is 2. The Morgan fingerprint density at radius 3 is 2.33 bits per heavy atom. The molecule has 2 aromatic carbocycles. The van der Waals surface area contributed by atoms with Crippen LogP contribution in [0.2, 0.25) is 0 Å². The number of rotatable bonds is 8. The van der Waals surface area contributed by atoms with Crippen LogP contribution < -0.4 is 14.4 Å². The minimum Gasteiger partial charge on any atom is -0.466 e. The first-order valence-electron chi connectivity index (χ1n) is 11.4. The van der Waals surface area contributed by atoms with Gasteiger partial charge in [0.15, 0.2) is 0 Å². The molecular weight excluding hydrogens is 468 g/mol. The molecule has 11 nitrogen and oxygen atoms in total. The number of hydrogen-bond donors (Lipinski definition) is 0. The van der Waals surface area contributed by atoms with Crippen LogP contribution in [0.25, 0.3) is 0 Å². The van der Waals surface area contributed by atoms with Gasteiger partial charge in [-0.15, -0.1) is 0 Å². The van der Waals surface area contributed by atoms with Crippen molar-refractivity contribution in [2.75, 3.05) is 24.6 Å². The van der Waals surface area contributed by atoms with Gasteiger partial charge in [0.2, 0.25) is 5.82 Å². The summed E-state index contributed by atoms with van der Waals surface area (Å²) in [6, 6.07) is 14.6. The lowest BCUT2D eigenvalue weighted by molar-refractivity contribution is -0.385. The summed E-state index contributed by atoms with van der Waals surface area (Å²) in [6.45, 7) is 2.88. The van der Waals surface area contributed by atoms with Gasteiger partial charge in [-0.05, 0) is 56.2 Å². The number of esters is 2. The van der Waals surface area contributed by atoms with Crippen LogP contribution in [0.3, 0.4) is 0 Å². The maximum absolute atomic E-state index is 12.2. The molecule has 0 unspecified atom stereocenters. The van der Waals surface area contributed by atoms with Gasteiger partial charge in [0, 0.05) is 13.1 Å². The summed E-state index contributed by atoms with van der Waals surface area (Å²) in [5, 5.41) is 11.9. The van der Waals surface area contributed by atoms with Gasteiger partial charge in [-0.1, -0.05) is 18.2 Å². The number of anilines is 1. The van der Waals surface area contributed by atoms with Crippen LogP contribution in [0, 0.1) is 16.0 Å². The Balaban J connectivity index is 1.46. The van der Waals surface area contributed by atoms with Crippen molar-refractivity contribution in [1.82, 2.24) is 9.97 Å². The predicted molar refractivity (Wildman–Crippen MR) is 128 cm³/mol. The van der Waals surface area contributed by atoms with Gasteiger partial charge in [-0.3, -0.25) is 14.9 Å². The van der Waals surface area contributed by atoms with Crippen LogP contribution in [0.4, 0.5) is 11.5 Å². The summed E-state index contributed by atoms with van der Waals surface area (Å²) < 4.78 is 16.1. The highest BCUT2D eigenvalue weighted by molar-refractivity contribution is 5.90. The van der Waals surface area contributed by atoms with E-state index < -0.39 is 10.9 Å². The average Bonchev–Trinajstić information content (AvgIpc) is 2.90. The quantitative estimate of drug-likeness (QED) is 0.195. The Kier molecular flexibility index (Phi) is 7.69. The lowest BCUT2D eigenvalue weighted by Gasteiger charge is -2.31. The zero-order valence-electron chi connectivity index (χ0n) is 19.5. The van der Waals surface area contributed by atoms with E-state index in [1.165, 1.54) is 30.6 Å². The molecule has 1 aliphatic heterocycles. The fourth-order valence-corrected chi connectivity index (χ4v) is 3.83. The molecule has 1 fully saturated rings. The van der Waals surface area contributed by atoms with Crippen LogP contribution in [-0.2, 0) is 9.53 Å². The zero-order valence-corrected chi connectivity index (χ0v) is 19.5. The predicted octanol–water partition coefficient (Wildman–Crippen LogP) is 4.18. The highest BCUT2D eigenvalue weighted by Crippen LogP contribution is 2.37. The minimum atomic E-state index is -0.585. The fourth-order valence-electron chi connectivity index (χ4n) is 3.83. The smallest absolute Gasteiger partial charge is 0.373 e. The lowest BCUT2D eigenvalue weighted by atomic mass is 9.97. The van der Waals surface area contributed by atoms with E-state index in [4.69, 9.17) is 14.2 Å². The largest absolute Gasteiger partial charge is 0.466 e. The number of aromatic nitrogens is 2. The van der Waals surface area contributed by atoms with Crippen LogP contribution in [0.5, 0.6) is 17.4 Å².